The highest BCUT2D eigenvalue weighted by Crippen LogP contribution is 2.39. The first-order valence-electron chi connectivity index (χ1n) is 7.76. The van der Waals surface area contributed by atoms with Gasteiger partial charge in [-0.2, -0.15) is 5.10 Å². The summed E-state index contributed by atoms with van der Waals surface area (Å²) in [5.41, 5.74) is 2.48. The smallest absolute Gasteiger partial charge is 0.272 e. The Kier molecular flexibility index (Phi) is 4.31. The van der Waals surface area contributed by atoms with Gasteiger partial charge in [0.05, 0.1) is 18.0 Å². The maximum Gasteiger partial charge on any atom is 0.272 e. The molecule has 3 N–H and O–H groups in total. The maximum atomic E-state index is 12.3. The first kappa shape index (κ1) is 16.5. The molecule has 1 atom stereocenters. The summed E-state index contributed by atoms with van der Waals surface area (Å²) in [5.74, 6) is 0.205. The second-order valence-corrected chi connectivity index (χ2v) is 7.89. The van der Waals surface area contributed by atoms with E-state index < -0.39 is 10.0 Å². The number of aromatic nitrogens is 2. The van der Waals surface area contributed by atoms with Crippen LogP contribution in [0.25, 0.3) is 0 Å². The number of hydrogen-bond donors (Lipinski definition) is 3. The van der Waals surface area contributed by atoms with Gasteiger partial charge in [-0.25, -0.2) is 8.42 Å². The van der Waals surface area contributed by atoms with Crippen molar-refractivity contribution in [2.45, 2.75) is 31.7 Å². The second kappa shape index (κ2) is 6.27. The summed E-state index contributed by atoms with van der Waals surface area (Å²) in [6, 6.07) is 8.38. The average molecular weight is 348 g/mol. The Bertz CT molecular complexity index is 856. The van der Waals surface area contributed by atoms with E-state index in [0.717, 1.165) is 24.8 Å². The standard InChI is InChI=1S/C16H20N4O3S/c1-10(12-5-3-4-6-13(12)20-24(2,22)23)17-16(21)15-9-14(18-19-15)11-7-8-11/h3-6,9-11,20H,7-8H2,1-2H3,(H,17,21)(H,18,19)/t10-/m1/s1. The van der Waals surface area contributed by atoms with Crippen molar-refractivity contribution < 1.29 is 13.2 Å². The lowest BCUT2D eigenvalue weighted by Gasteiger charge is -2.17. The summed E-state index contributed by atoms with van der Waals surface area (Å²) in [6.45, 7) is 1.80. The molecule has 0 unspecified atom stereocenters. The molecule has 0 aliphatic heterocycles. The van der Waals surface area contributed by atoms with Crippen LogP contribution in [0.5, 0.6) is 0 Å². The number of aromatic amines is 1. The number of nitrogens with one attached hydrogen (secondary N) is 3. The molecule has 2 aromatic rings. The molecule has 0 saturated heterocycles. The molecule has 1 amide bonds. The Morgan fingerprint density at radius 2 is 2.04 bits per heavy atom. The van der Waals surface area contributed by atoms with Crippen LogP contribution in [0.15, 0.2) is 30.3 Å². The number of anilines is 1. The molecule has 3 rings (SSSR count). The normalized spacial score (nSPS) is 15.8. The molecule has 0 spiro atoms. The predicted octanol–water partition coefficient (Wildman–Crippen LogP) is 2.15. The van der Waals surface area contributed by atoms with Crippen LogP contribution in [0.2, 0.25) is 0 Å². The first-order chi connectivity index (χ1) is 11.3. The molecule has 0 radical (unpaired) electrons. The molecule has 1 heterocycles. The SMILES string of the molecule is C[C@@H](NC(=O)c1cc(C2CC2)[nH]n1)c1ccccc1NS(C)(=O)=O. The zero-order chi connectivity index (χ0) is 17.3. The molecule has 1 saturated carbocycles. The number of sulfonamides is 1. The number of carbonyl (C=O) groups excluding carboxylic acids is 1. The maximum absolute atomic E-state index is 12.3. The molecule has 8 heteroatoms. The molecule has 1 aromatic carbocycles. The van der Waals surface area contributed by atoms with Crippen LogP contribution in [0.1, 0.15) is 53.5 Å². The third kappa shape index (κ3) is 3.94. The number of nitrogens with zero attached hydrogens (tertiary/aromatic N) is 1. The molecule has 1 aliphatic rings. The molecule has 24 heavy (non-hydrogen) atoms. The van der Waals surface area contributed by atoms with E-state index >= 15 is 0 Å². The fraction of sp³-hybridized carbons (Fsp3) is 0.375. The molecule has 1 aromatic heterocycles. The minimum absolute atomic E-state index is 0.292. The van der Waals surface area contributed by atoms with E-state index in [1.807, 2.05) is 0 Å². The molecule has 7 nitrogen and oxygen atoms in total. The van der Waals surface area contributed by atoms with E-state index in [4.69, 9.17) is 0 Å². The van der Waals surface area contributed by atoms with E-state index in [9.17, 15) is 13.2 Å². The monoisotopic (exact) mass is 348 g/mol. The van der Waals surface area contributed by atoms with Crippen molar-refractivity contribution in [3.05, 3.63) is 47.3 Å². The van der Waals surface area contributed by atoms with E-state index in [1.54, 1.807) is 37.3 Å². The number of hydrogen-bond acceptors (Lipinski definition) is 4. The summed E-state index contributed by atoms with van der Waals surface area (Å²) in [6.07, 6.45) is 3.35. The summed E-state index contributed by atoms with van der Waals surface area (Å²) in [5, 5.41) is 9.81. The number of benzene rings is 1. The van der Waals surface area contributed by atoms with Crippen LogP contribution in [-0.2, 0) is 10.0 Å². The van der Waals surface area contributed by atoms with Crippen molar-refractivity contribution in [2.24, 2.45) is 0 Å². The number of para-hydroxylation sites is 1. The van der Waals surface area contributed by atoms with E-state index in [1.165, 1.54) is 0 Å². The van der Waals surface area contributed by atoms with Crippen molar-refractivity contribution in [3.63, 3.8) is 0 Å². The Morgan fingerprint density at radius 3 is 2.71 bits per heavy atom. The van der Waals surface area contributed by atoms with Gasteiger partial charge in [0, 0.05) is 11.6 Å². The van der Waals surface area contributed by atoms with Crippen molar-refractivity contribution in [3.8, 4) is 0 Å². The van der Waals surface area contributed by atoms with Gasteiger partial charge in [0.15, 0.2) is 0 Å². The number of rotatable bonds is 6. The highest BCUT2D eigenvalue weighted by atomic mass is 32.2. The lowest BCUT2D eigenvalue weighted by molar-refractivity contribution is 0.0935. The van der Waals surface area contributed by atoms with Gasteiger partial charge in [-0.1, -0.05) is 18.2 Å². The highest BCUT2D eigenvalue weighted by Gasteiger charge is 2.27. The minimum atomic E-state index is -3.39. The molecule has 0 bridgehead atoms. The molecular weight excluding hydrogens is 328 g/mol. The third-order valence-electron chi connectivity index (χ3n) is 3.92. The van der Waals surface area contributed by atoms with Gasteiger partial charge in [0.25, 0.3) is 5.91 Å². The minimum Gasteiger partial charge on any atom is -0.344 e. The Labute approximate surface area is 140 Å². The van der Waals surface area contributed by atoms with Crippen molar-refractivity contribution in [2.75, 3.05) is 11.0 Å². The van der Waals surface area contributed by atoms with Crippen LogP contribution in [0.3, 0.4) is 0 Å². The van der Waals surface area contributed by atoms with Gasteiger partial charge < -0.3 is 5.32 Å². The zero-order valence-electron chi connectivity index (χ0n) is 13.5. The van der Waals surface area contributed by atoms with Crippen LogP contribution >= 0.6 is 0 Å². The van der Waals surface area contributed by atoms with Gasteiger partial charge in [0.2, 0.25) is 10.0 Å². The predicted molar refractivity (Wildman–Crippen MR) is 91.4 cm³/mol. The summed E-state index contributed by atoms with van der Waals surface area (Å²) in [7, 11) is -3.39. The van der Waals surface area contributed by atoms with Gasteiger partial charge in [-0.15, -0.1) is 0 Å². The number of amides is 1. The molecule has 128 valence electrons. The zero-order valence-corrected chi connectivity index (χ0v) is 14.4. The van der Waals surface area contributed by atoms with Crippen molar-refractivity contribution in [1.29, 1.82) is 0 Å². The summed E-state index contributed by atoms with van der Waals surface area (Å²) < 4.78 is 25.4. The first-order valence-corrected chi connectivity index (χ1v) is 9.65. The van der Waals surface area contributed by atoms with E-state index in [0.29, 0.717) is 22.9 Å². The van der Waals surface area contributed by atoms with Crippen molar-refractivity contribution in [1.82, 2.24) is 15.5 Å². The fourth-order valence-corrected chi connectivity index (χ4v) is 3.16. The van der Waals surface area contributed by atoms with Crippen LogP contribution in [-0.4, -0.2) is 30.8 Å². The van der Waals surface area contributed by atoms with E-state index in [2.05, 4.69) is 20.2 Å². The Balaban J connectivity index is 1.74. The molecule has 1 fully saturated rings. The summed E-state index contributed by atoms with van der Waals surface area (Å²) in [4.78, 5) is 12.3. The average Bonchev–Trinajstić information content (AvgIpc) is 3.23. The lowest BCUT2D eigenvalue weighted by Crippen LogP contribution is -2.27. The third-order valence-corrected chi connectivity index (χ3v) is 4.51. The topological polar surface area (TPSA) is 104 Å². The number of H-pyrrole nitrogens is 1. The van der Waals surface area contributed by atoms with Gasteiger partial charge in [-0.3, -0.25) is 14.6 Å². The Hall–Kier alpha value is -2.35. The number of carbonyl (C=O) groups is 1. The quantitative estimate of drug-likeness (QED) is 0.744. The van der Waals surface area contributed by atoms with Gasteiger partial charge >= 0.3 is 0 Å². The fourth-order valence-electron chi connectivity index (χ4n) is 2.57. The Morgan fingerprint density at radius 1 is 1.33 bits per heavy atom. The lowest BCUT2D eigenvalue weighted by atomic mass is 10.1. The molecular formula is C16H20N4O3S. The van der Waals surface area contributed by atoms with E-state index in [-0.39, 0.29) is 11.9 Å². The van der Waals surface area contributed by atoms with Crippen LogP contribution in [0, 0.1) is 0 Å². The van der Waals surface area contributed by atoms with Crippen molar-refractivity contribution >= 4 is 21.6 Å². The van der Waals surface area contributed by atoms with Crippen LogP contribution in [0.4, 0.5) is 5.69 Å². The molecule has 1 aliphatic carbocycles. The summed E-state index contributed by atoms with van der Waals surface area (Å²) >= 11 is 0. The van der Waals surface area contributed by atoms with Crippen LogP contribution < -0.4 is 10.0 Å². The highest BCUT2D eigenvalue weighted by molar-refractivity contribution is 7.92. The largest absolute Gasteiger partial charge is 0.344 e. The second-order valence-electron chi connectivity index (χ2n) is 6.14. The van der Waals surface area contributed by atoms with Gasteiger partial charge in [0.1, 0.15) is 5.69 Å². The van der Waals surface area contributed by atoms with Gasteiger partial charge in [-0.05, 0) is 37.5 Å².